The summed E-state index contributed by atoms with van der Waals surface area (Å²) in [6.07, 6.45) is 7.62. The van der Waals surface area contributed by atoms with Crippen molar-refractivity contribution in [2.45, 2.75) is 6.42 Å². The first kappa shape index (κ1) is 24.4. The van der Waals surface area contributed by atoms with E-state index in [0.29, 0.717) is 0 Å². The van der Waals surface area contributed by atoms with E-state index in [-0.39, 0.29) is 24.8 Å². The second-order valence-electron chi connectivity index (χ2n) is 6.80. The average molecular weight is 510 g/mol. The molecule has 0 nitrogen and oxygen atoms in total. The first-order valence-electron chi connectivity index (χ1n) is 9.52. The summed E-state index contributed by atoms with van der Waals surface area (Å²) in [5.41, 5.74) is 5.46. The Hall–Kier alpha value is -1.92. The molecule has 150 valence electrons. The first-order valence-corrected chi connectivity index (χ1v) is 10.7. The van der Waals surface area contributed by atoms with Gasteiger partial charge in [-0.15, -0.1) is 64.9 Å². The van der Waals surface area contributed by atoms with Gasteiger partial charge >= 0.3 is 99.2 Å². The van der Waals surface area contributed by atoms with E-state index in [0.717, 1.165) is 6.42 Å². The molecule has 3 heteroatoms. The van der Waals surface area contributed by atoms with E-state index in [2.05, 4.69) is 115 Å². The number of benzene rings is 3. The van der Waals surface area contributed by atoms with Crippen molar-refractivity contribution in [2.24, 2.45) is 0 Å². The van der Waals surface area contributed by atoms with Crippen LogP contribution in [0.25, 0.3) is 16.3 Å². The Bertz CT molecular complexity index is 1060. The van der Waals surface area contributed by atoms with Crippen molar-refractivity contribution in [1.29, 1.82) is 0 Å². The Morgan fingerprint density at radius 2 is 1.30 bits per heavy atom. The van der Waals surface area contributed by atoms with Crippen LogP contribution in [-0.4, -0.2) is 3.21 Å². The molecular formula is C27H23Cl2Zr-. The molecule has 1 aliphatic rings. The Morgan fingerprint density at radius 1 is 0.733 bits per heavy atom. The molecule has 1 aliphatic carbocycles. The van der Waals surface area contributed by atoms with Crippen LogP contribution in [0.15, 0.2) is 115 Å². The average Bonchev–Trinajstić information content (AvgIpc) is 3.44. The molecule has 0 atom stereocenters. The van der Waals surface area contributed by atoms with Gasteiger partial charge in [0.25, 0.3) is 0 Å². The number of allylic oxidation sites excluding steroid dienone is 4. The van der Waals surface area contributed by atoms with Gasteiger partial charge in [0.05, 0.1) is 0 Å². The van der Waals surface area contributed by atoms with Gasteiger partial charge in [-0.1, -0.05) is 36.4 Å². The van der Waals surface area contributed by atoms with Crippen LogP contribution in [0.5, 0.6) is 0 Å². The molecule has 5 rings (SSSR count). The van der Waals surface area contributed by atoms with Crippen molar-refractivity contribution >= 4 is 44.4 Å². The molecule has 4 aromatic carbocycles. The molecule has 0 radical (unpaired) electrons. The molecule has 0 saturated heterocycles. The number of fused-ring (bicyclic) bond motifs is 1. The van der Waals surface area contributed by atoms with Crippen molar-refractivity contribution < 1.29 is 24.2 Å². The molecule has 0 aromatic heterocycles. The molecule has 0 N–H and O–H groups in total. The van der Waals surface area contributed by atoms with Crippen LogP contribution in [-0.2, 0) is 24.2 Å². The topological polar surface area (TPSA) is 0 Å². The van der Waals surface area contributed by atoms with Gasteiger partial charge in [-0.3, -0.25) is 0 Å². The first-order chi connectivity index (χ1) is 13.8. The maximum absolute atomic E-state index is 2.27. The maximum atomic E-state index is 2.27. The normalized spacial score (nSPS) is 11.5. The van der Waals surface area contributed by atoms with E-state index in [4.69, 9.17) is 0 Å². The van der Waals surface area contributed by atoms with E-state index in [9.17, 15) is 0 Å². The summed E-state index contributed by atoms with van der Waals surface area (Å²) in [6, 6.07) is 34.2. The van der Waals surface area contributed by atoms with E-state index >= 15 is 0 Å². The van der Waals surface area contributed by atoms with Gasteiger partial charge in [-0.25, -0.2) is 0 Å². The van der Waals surface area contributed by atoms with Crippen LogP contribution in [0.1, 0.15) is 23.1 Å². The van der Waals surface area contributed by atoms with E-state index in [1.807, 2.05) is 0 Å². The summed E-state index contributed by atoms with van der Waals surface area (Å²) in [5, 5.41) is 2.69. The third-order valence-electron chi connectivity index (χ3n) is 4.88. The molecule has 0 saturated carbocycles. The standard InChI is InChI=1S/C14H11.C13H10.2ClH.Zr/c1-2-6-11(5-1)14-9-12-7-3-4-8-13(12)10-14;1-3-7-12(8-4-1)11-13-9-5-2-6-10-13;;;/h1-5,7-10H,6H2;1-10H;2*1H;/q-1;;;;. The SMILES string of the molecule is C1=CCC(c2cc3ccccc3[cH-]2)=C1.Cl.Cl.[Zr]=[C](c1ccccc1)c1ccccc1. The monoisotopic (exact) mass is 507 g/mol. The Morgan fingerprint density at radius 3 is 1.83 bits per heavy atom. The van der Waals surface area contributed by atoms with Gasteiger partial charge < -0.3 is 0 Å². The van der Waals surface area contributed by atoms with Gasteiger partial charge in [0.15, 0.2) is 0 Å². The molecule has 0 amide bonds. The quantitative estimate of drug-likeness (QED) is 0.250. The summed E-state index contributed by atoms with van der Waals surface area (Å²) in [7, 11) is 0. The van der Waals surface area contributed by atoms with Crippen molar-refractivity contribution in [2.75, 3.05) is 0 Å². The summed E-state index contributed by atoms with van der Waals surface area (Å²) >= 11 is 1.46. The van der Waals surface area contributed by atoms with Crippen molar-refractivity contribution in [3.05, 3.63) is 132 Å². The fourth-order valence-electron chi connectivity index (χ4n) is 3.37. The van der Waals surface area contributed by atoms with Crippen molar-refractivity contribution in [3.8, 4) is 0 Å². The summed E-state index contributed by atoms with van der Waals surface area (Å²) in [6.45, 7) is 0. The molecule has 0 aliphatic heterocycles. The van der Waals surface area contributed by atoms with E-state index in [1.54, 1.807) is 0 Å². The van der Waals surface area contributed by atoms with Crippen LogP contribution in [0, 0.1) is 0 Å². The van der Waals surface area contributed by atoms with Crippen LogP contribution < -0.4 is 0 Å². The van der Waals surface area contributed by atoms with Gasteiger partial charge in [0.1, 0.15) is 0 Å². The third kappa shape index (κ3) is 6.05. The number of hydrogen-bond acceptors (Lipinski definition) is 0. The van der Waals surface area contributed by atoms with Gasteiger partial charge in [0, 0.05) is 0 Å². The zero-order chi connectivity index (χ0) is 19.2. The zero-order valence-corrected chi connectivity index (χ0v) is 20.6. The second kappa shape index (κ2) is 12.1. The van der Waals surface area contributed by atoms with Crippen LogP contribution in [0.3, 0.4) is 0 Å². The van der Waals surface area contributed by atoms with Crippen LogP contribution in [0.4, 0.5) is 0 Å². The molecule has 0 unspecified atom stereocenters. The Balaban J connectivity index is 0.000000200. The fourth-order valence-corrected chi connectivity index (χ4v) is 4.19. The molecule has 0 fully saturated rings. The molecule has 30 heavy (non-hydrogen) atoms. The summed E-state index contributed by atoms with van der Waals surface area (Å²) in [4.78, 5) is 0. The second-order valence-corrected chi connectivity index (χ2v) is 8.03. The van der Waals surface area contributed by atoms with Crippen molar-refractivity contribution in [3.63, 3.8) is 0 Å². The van der Waals surface area contributed by atoms with Gasteiger partial charge in [0.2, 0.25) is 0 Å². The molecule has 4 aromatic rings. The predicted molar refractivity (Wildman–Crippen MR) is 132 cm³/mol. The van der Waals surface area contributed by atoms with Gasteiger partial charge in [-0.05, 0) is 6.42 Å². The summed E-state index contributed by atoms with van der Waals surface area (Å²) in [5.74, 6) is 0. The number of rotatable bonds is 3. The fraction of sp³-hybridized carbons (Fsp3) is 0.0370. The minimum atomic E-state index is 0. The van der Waals surface area contributed by atoms with Gasteiger partial charge in [-0.2, -0.15) is 0 Å². The predicted octanol–water partition coefficient (Wildman–Crippen LogP) is 7.55. The van der Waals surface area contributed by atoms with Crippen LogP contribution in [0.2, 0.25) is 0 Å². The minimum absolute atomic E-state index is 0. The molecule has 0 heterocycles. The Labute approximate surface area is 205 Å². The number of halogens is 2. The van der Waals surface area contributed by atoms with E-state index in [1.165, 1.54) is 60.5 Å². The molecular weight excluding hydrogens is 486 g/mol. The zero-order valence-electron chi connectivity index (χ0n) is 16.5. The Kier molecular flexibility index (Phi) is 9.79. The number of hydrogen-bond donors (Lipinski definition) is 0. The molecule has 0 bridgehead atoms. The molecule has 0 spiro atoms. The van der Waals surface area contributed by atoms with Crippen molar-refractivity contribution in [1.82, 2.24) is 0 Å². The summed E-state index contributed by atoms with van der Waals surface area (Å²) < 4.78 is 1.42. The van der Waals surface area contributed by atoms with E-state index < -0.39 is 0 Å². The van der Waals surface area contributed by atoms with Crippen LogP contribution >= 0.6 is 24.8 Å². The third-order valence-corrected chi connectivity index (χ3v) is 6.30.